The van der Waals surface area contributed by atoms with E-state index in [9.17, 15) is 4.79 Å². The molecular formula is C23H22N4O3. The fraction of sp³-hybridized carbons (Fsp3) is 0.130. The third kappa shape index (κ3) is 3.65. The van der Waals surface area contributed by atoms with Crippen LogP contribution in [0.4, 0.5) is 5.69 Å². The zero-order valence-corrected chi connectivity index (χ0v) is 17.0. The number of nitrogens with one attached hydrogen (secondary N) is 1. The molecule has 0 saturated heterocycles. The summed E-state index contributed by atoms with van der Waals surface area (Å²) in [6.07, 6.45) is 5.34. The average Bonchev–Trinajstić information content (AvgIpc) is 3.43. The van der Waals surface area contributed by atoms with E-state index in [-0.39, 0.29) is 5.91 Å². The van der Waals surface area contributed by atoms with Gasteiger partial charge in [-0.1, -0.05) is 17.7 Å². The highest BCUT2D eigenvalue weighted by molar-refractivity contribution is 6.06. The third-order valence-corrected chi connectivity index (χ3v) is 4.76. The van der Waals surface area contributed by atoms with Crippen LogP contribution in [0.2, 0.25) is 0 Å². The number of hydrogen-bond donors (Lipinski definition) is 1. The summed E-state index contributed by atoms with van der Waals surface area (Å²) in [5.74, 6) is 1.51. The van der Waals surface area contributed by atoms with Gasteiger partial charge in [0.15, 0.2) is 17.3 Å². The van der Waals surface area contributed by atoms with Gasteiger partial charge in [-0.05, 0) is 43.3 Å². The number of carbonyl (C=O) groups is 1. The maximum Gasteiger partial charge on any atom is 0.261 e. The number of benzene rings is 2. The number of rotatable bonds is 6. The Balaban J connectivity index is 1.72. The second-order valence-electron chi connectivity index (χ2n) is 6.74. The van der Waals surface area contributed by atoms with Crippen molar-refractivity contribution in [1.82, 2.24) is 14.3 Å². The smallest absolute Gasteiger partial charge is 0.261 e. The number of amides is 1. The molecule has 4 rings (SSSR count). The molecule has 0 bridgehead atoms. The number of aromatic nitrogens is 3. The van der Waals surface area contributed by atoms with E-state index >= 15 is 0 Å². The van der Waals surface area contributed by atoms with Crippen LogP contribution in [0.15, 0.2) is 73.2 Å². The lowest BCUT2D eigenvalue weighted by molar-refractivity contribution is 0.102. The molecule has 1 amide bonds. The van der Waals surface area contributed by atoms with Crippen molar-refractivity contribution in [2.75, 3.05) is 19.5 Å². The fourth-order valence-electron chi connectivity index (χ4n) is 3.21. The summed E-state index contributed by atoms with van der Waals surface area (Å²) < 4.78 is 14.2. The molecule has 1 N–H and O–H groups in total. The van der Waals surface area contributed by atoms with Crippen molar-refractivity contribution in [2.45, 2.75) is 6.92 Å². The van der Waals surface area contributed by atoms with Gasteiger partial charge in [-0.25, -0.2) is 4.68 Å². The molecule has 152 valence electrons. The molecule has 0 aliphatic carbocycles. The highest BCUT2D eigenvalue weighted by Crippen LogP contribution is 2.30. The molecule has 0 fully saturated rings. The van der Waals surface area contributed by atoms with Crippen LogP contribution in [-0.2, 0) is 0 Å². The Morgan fingerprint density at radius 1 is 0.967 bits per heavy atom. The van der Waals surface area contributed by atoms with Crippen molar-refractivity contribution in [2.24, 2.45) is 0 Å². The number of anilines is 1. The Kier molecular flexibility index (Phi) is 5.26. The highest BCUT2D eigenvalue weighted by Gasteiger charge is 2.20. The van der Waals surface area contributed by atoms with Crippen LogP contribution >= 0.6 is 0 Å². The average molecular weight is 402 g/mol. The van der Waals surface area contributed by atoms with Crippen LogP contribution < -0.4 is 14.8 Å². The topological polar surface area (TPSA) is 70.3 Å². The van der Waals surface area contributed by atoms with Gasteiger partial charge in [0.1, 0.15) is 5.56 Å². The standard InChI is InChI=1S/C23H22N4O3/c1-16-6-9-18(10-7-16)27-23(26-12-4-5-13-26)19(15-24-27)22(28)25-17-8-11-20(29-2)21(14-17)30-3/h4-15H,1-3H3,(H,25,28). The second-order valence-corrected chi connectivity index (χ2v) is 6.74. The van der Waals surface area contributed by atoms with Gasteiger partial charge >= 0.3 is 0 Å². The number of ether oxygens (including phenoxy) is 2. The van der Waals surface area contributed by atoms with Gasteiger partial charge in [0.05, 0.1) is 26.1 Å². The number of aryl methyl sites for hydroxylation is 1. The summed E-state index contributed by atoms with van der Waals surface area (Å²) in [7, 11) is 3.12. The van der Waals surface area contributed by atoms with E-state index in [2.05, 4.69) is 10.4 Å². The van der Waals surface area contributed by atoms with E-state index in [4.69, 9.17) is 9.47 Å². The van der Waals surface area contributed by atoms with Gasteiger partial charge < -0.3 is 19.4 Å². The lowest BCUT2D eigenvalue weighted by atomic mass is 10.2. The molecule has 0 atom stereocenters. The zero-order valence-electron chi connectivity index (χ0n) is 17.0. The van der Waals surface area contributed by atoms with Crippen molar-refractivity contribution in [3.8, 4) is 23.0 Å². The molecule has 0 aliphatic heterocycles. The Bertz CT molecular complexity index is 1160. The summed E-state index contributed by atoms with van der Waals surface area (Å²) in [5, 5.41) is 7.41. The lowest BCUT2D eigenvalue weighted by Gasteiger charge is -2.13. The van der Waals surface area contributed by atoms with Gasteiger partial charge in [-0.15, -0.1) is 0 Å². The van der Waals surface area contributed by atoms with Crippen LogP contribution in [0.1, 0.15) is 15.9 Å². The molecule has 7 heteroatoms. The Hall–Kier alpha value is -4.00. The van der Waals surface area contributed by atoms with Crippen molar-refractivity contribution in [3.05, 3.63) is 84.3 Å². The van der Waals surface area contributed by atoms with E-state index in [1.807, 2.05) is 60.3 Å². The minimum Gasteiger partial charge on any atom is -0.493 e. The molecule has 30 heavy (non-hydrogen) atoms. The molecule has 0 saturated carbocycles. The molecule has 0 spiro atoms. The number of methoxy groups -OCH3 is 2. The molecule has 2 heterocycles. The van der Waals surface area contributed by atoms with Crippen molar-refractivity contribution < 1.29 is 14.3 Å². The predicted octanol–water partition coefficient (Wildman–Crippen LogP) is 4.24. The van der Waals surface area contributed by atoms with Crippen LogP contribution in [0, 0.1) is 6.92 Å². The zero-order chi connectivity index (χ0) is 21.1. The first-order chi connectivity index (χ1) is 14.6. The summed E-state index contributed by atoms with van der Waals surface area (Å²) in [5.41, 5.74) is 3.06. The minimum absolute atomic E-state index is 0.274. The van der Waals surface area contributed by atoms with E-state index in [0.29, 0.717) is 28.6 Å². The first-order valence-electron chi connectivity index (χ1n) is 9.42. The van der Waals surface area contributed by atoms with Crippen molar-refractivity contribution >= 4 is 11.6 Å². The van der Waals surface area contributed by atoms with Crippen molar-refractivity contribution in [1.29, 1.82) is 0 Å². The first-order valence-corrected chi connectivity index (χ1v) is 9.42. The largest absolute Gasteiger partial charge is 0.493 e. The molecule has 2 aromatic carbocycles. The predicted molar refractivity (Wildman–Crippen MR) is 115 cm³/mol. The highest BCUT2D eigenvalue weighted by atomic mass is 16.5. The normalized spacial score (nSPS) is 10.6. The monoisotopic (exact) mass is 402 g/mol. The van der Waals surface area contributed by atoms with E-state index in [1.54, 1.807) is 43.3 Å². The number of carbonyl (C=O) groups excluding carboxylic acids is 1. The molecular weight excluding hydrogens is 380 g/mol. The quantitative estimate of drug-likeness (QED) is 0.524. The Morgan fingerprint density at radius 2 is 1.67 bits per heavy atom. The van der Waals surface area contributed by atoms with Crippen LogP contribution in [0.3, 0.4) is 0 Å². The summed E-state index contributed by atoms with van der Waals surface area (Å²) in [6.45, 7) is 2.03. The fourth-order valence-corrected chi connectivity index (χ4v) is 3.21. The van der Waals surface area contributed by atoms with Gasteiger partial charge in [-0.3, -0.25) is 4.79 Å². The third-order valence-electron chi connectivity index (χ3n) is 4.76. The Morgan fingerprint density at radius 3 is 2.33 bits per heavy atom. The maximum atomic E-state index is 13.1. The van der Waals surface area contributed by atoms with Crippen LogP contribution in [0.25, 0.3) is 11.5 Å². The van der Waals surface area contributed by atoms with Crippen LogP contribution in [0.5, 0.6) is 11.5 Å². The maximum absolute atomic E-state index is 13.1. The van der Waals surface area contributed by atoms with E-state index in [1.165, 1.54) is 0 Å². The minimum atomic E-state index is -0.274. The molecule has 0 aliphatic rings. The molecule has 0 radical (unpaired) electrons. The van der Waals surface area contributed by atoms with Gasteiger partial charge in [0, 0.05) is 24.1 Å². The van der Waals surface area contributed by atoms with E-state index in [0.717, 1.165) is 11.3 Å². The number of hydrogen-bond acceptors (Lipinski definition) is 4. The van der Waals surface area contributed by atoms with Gasteiger partial charge in [0.2, 0.25) is 0 Å². The SMILES string of the molecule is COc1ccc(NC(=O)c2cnn(-c3ccc(C)cc3)c2-n2cccc2)cc1OC. The number of nitrogens with zero attached hydrogens (tertiary/aromatic N) is 3. The summed E-state index contributed by atoms with van der Waals surface area (Å²) >= 11 is 0. The molecule has 0 unspecified atom stereocenters. The first kappa shape index (κ1) is 19.3. The second kappa shape index (κ2) is 8.16. The molecule has 4 aromatic rings. The van der Waals surface area contributed by atoms with E-state index < -0.39 is 0 Å². The lowest BCUT2D eigenvalue weighted by Crippen LogP contribution is -2.15. The summed E-state index contributed by atoms with van der Waals surface area (Å²) in [6, 6.07) is 17.0. The van der Waals surface area contributed by atoms with Crippen LogP contribution in [-0.4, -0.2) is 34.5 Å². The summed E-state index contributed by atoms with van der Waals surface area (Å²) in [4.78, 5) is 13.1. The molecule has 2 aromatic heterocycles. The molecule has 7 nitrogen and oxygen atoms in total. The van der Waals surface area contributed by atoms with Gasteiger partial charge in [0.25, 0.3) is 5.91 Å². The Labute approximate surface area is 174 Å². The van der Waals surface area contributed by atoms with Gasteiger partial charge in [-0.2, -0.15) is 5.10 Å². The van der Waals surface area contributed by atoms with Crippen molar-refractivity contribution in [3.63, 3.8) is 0 Å².